The SMILES string of the molecule is CC1(C)CC=C(c2nc([C@H]3CC(C)(C)O[C@](C)(C(=O)O)C3)ccc2NC(=O)c2nc(C#N)c[nH]2)CC1. The van der Waals surface area contributed by atoms with Gasteiger partial charge in [0, 0.05) is 17.8 Å². The van der Waals surface area contributed by atoms with Crippen molar-refractivity contribution in [1.82, 2.24) is 15.0 Å². The second-order valence-electron chi connectivity index (χ2n) is 11.4. The van der Waals surface area contributed by atoms with E-state index >= 15 is 0 Å². The number of hydrogen-bond acceptors (Lipinski definition) is 6. The van der Waals surface area contributed by atoms with Gasteiger partial charge in [-0.25, -0.2) is 9.78 Å². The fraction of sp³-hybridized carbons (Fsp3) is 0.519. The molecule has 190 valence electrons. The average Bonchev–Trinajstić information content (AvgIpc) is 3.28. The van der Waals surface area contributed by atoms with Crippen molar-refractivity contribution >= 4 is 23.1 Å². The van der Waals surface area contributed by atoms with Crippen molar-refractivity contribution < 1.29 is 19.4 Å². The number of carbonyl (C=O) groups is 2. The molecule has 0 bridgehead atoms. The molecule has 2 atom stereocenters. The molecule has 2 aromatic rings. The highest BCUT2D eigenvalue weighted by Crippen LogP contribution is 2.45. The first kappa shape index (κ1) is 25.6. The lowest BCUT2D eigenvalue weighted by atomic mass is 9.77. The number of ether oxygens (including phenoxy) is 1. The van der Waals surface area contributed by atoms with Crippen LogP contribution in [0.2, 0.25) is 0 Å². The quantitative estimate of drug-likeness (QED) is 0.532. The third kappa shape index (κ3) is 5.34. The largest absolute Gasteiger partial charge is 0.479 e. The smallest absolute Gasteiger partial charge is 0.335 e. The minimum absolute atomic E-state index is 0.0451. The van der Waals surface area contributed by atoms with Crippen LogP contribution < -0.4 is 5.32 Å². The van der Waals surface area contributed by atoms with Crippen LogP contribution in [-0.4, -0.2) is 43.1 Å². The summed E-state index contributed by atoms with van der Waals surface area (Å²) in [6.07, 6.45) is 7.20. The molecule has 2 aliphatic rings. The molecule has 4 rings (SSSR count). The number of carbonyl (C=O) groups excluding carboxylic acids is 1. The lowest BCUT2D eigenvalue weighted by Gasteiger charge is -2.44. The van der Waals surface area contributed by atoms with Crippen LogP contribution >= 0.6 is 0 Å². The molecule has 0 unspecified atom stereocenters. The Bertz CT molecular complexity index is 1270. The first-order chi connectivity index (χ1) is 16.8. The Kier molecular flexibility index (Phi) is 6.52. The molecule has 0 aromatic carbocycles. The summed E-state index contributed by atoms with van der Waals surface area (Å²) in [5.41, 5.74) is 1.46. The van der Waals surface area contributed by atoms with E-state index in [9.17, 15) is 14.7 Å². The highest BCUT2D eigenvalue weighted by atomic mass is 16.5. The van der Waals surface area contributed by atoms with Crippen LogP contribution in [0.25, 0.3) is 5.57 Å². The van der Waals surface area contributed by atoms with Crippen LogP contribution in [0, 0.1) is 16.7 Å². The Morgan fingerprint density at radius 3 is 2.56 bits per heavy atom. The minimum atomic E-state index is -1.31. The van der Waals surface area contributed by atoms with Gasteiger partial charge < -0.3 is 20.1 Å². The Hall–Kier alpha value is -3.51. The first-order valence-electron chi connectivity index (χ1n) is 12.2. The topological polar surface area (TPSA) is 141 Å². The van der Waals surface area contributed by atoms with Gasteiger partial charge >= 0.3 is 5.97 Å². The number of nitrogens with one attached hydrogen (secondary N) is 2. The summed E-state index contributed by atoms with van der Waals surface area (Å²) in [4.78, 5) is 36.6. The molecule has 1 fully saturated rings. The molecule has 0 radical (unpaired) electrons. The van der Waals surface area contributed by atoms with Gasteiger partial charge in [-0.1, -0.05) is 19.9 Å². The van der Waals surface area contributed by atoms with Crippen molar-refractivity contribution in [1.29, 1.82) is 5.26 Å². The van der Waals surface area contributed by atoms with Crippen LogP contribution in [0.3, 0.4) is 0 Å². The summed E-state index contributed by atoms with van der Waals surface area (Å²) in [5, 5.41) is 21.8. The minimum Gasteiger partial charge on any atom is -0.479 e. The molecule has 36 heavy (non-hydrogen) atoms. The Morgan fingerprint density at radius 1 is 1.19 bits per heavy atom. The van der Waals surface area contributed by atoms with Crippen LogP contribution in [0.5, 0.6) is 0 Å². The predicted molar refractivity (Wildman–Crippen MR) is 134 cm³/mol. The van der Waals surface area contributed by atoms with Crippen molar-refractivity contribution in [2.75, 3.05) is 5.32 Å². The number of aliphatic carboxylic acids is 1. The van der Waals surface area contributed by atoms with Gasteiger partial charge in [-0.05, 0) is 76.0 Å². The number of rotatable bonds is 5. The lowest BCUT2D eigenvalue weighted by Crippen LogP contribution is -2.51. The maximum Gasteiger partial charge on any atom is 0.335 e. The van der Waals surface area contributed by atoms with E-state index in [1.165, 1.54) is 6.20 Å². The first-order valence-corrected chi connectivity index (χ1v) is 12.2. The van der Waals surface area contributed by atoms with Gasteiger partial charge in [-0.3, -0.25) is 9.78 Å². The molecule has 9 heteroatoms. The number of nitriles is 1. The second kappa shape index (κ2) is 9.17. The van der Waals surface area contributed by atoms with Gasteiger partial charge in [0.05, 0.1) is 17.0 Å². The standard InChI is InChI=1S/C27H33N5O4/c1-25(2)10-8-16(9-11-25)21-20(32-23(33)22-29-15-18(14-28)30-22)7-6-19(31-21)17-12-26(3,4)36-27(5,13-17)24(34)35/h6-8,15,17H,9-13H2,1-5H3,(H,29,30)(H,32,33)(H,34,35)/t17-,27-/m0/s1. The number of pyridine rings is 1. The third-order valence-electron chi connectivity index (χ3n) is 7.09. The zero-order valence-corrected chi connectivity index (χ0v) is 21.4. The third-order valence-corrected chi connectivity index (χ3v) is 7.09. The molecule has 2 aromatic heterocycles. The van der Waals surface area contributed by atoms with Crippen molar-refractivity contribution in [3.63, 3.8) is 0 Å². The Morgan fingerprint density at radius 2 is 1.94 bits per heavy atom. The monoisotopic (exact) mass is 491 g/mol. The van der Waals surface area contributed by atoms with E-state index in [0.29, 0.717) is 24.2 Å². The second-order valence-corrected chi connectivity index (χ2v) is 11.4. The molecule has 0 spiro atoms. The predicted octanol–water partition coefficient (Wildman–Crippen LogP) is 5.04. The van der Waals surface area contributed by atoms with Crippen molar-refractivity contribution in [3.8, 4) is 6.07 Å². The molecule has 1 saturated heterocycles. The van der Waals surface area contributed by atoms with Crippen LogP contribution in [-0.2, 0) is 9.53 Å². The summed E-state index contributed by atoms with van der Waals surface area (Å²) < 4.78 is 5.95. The van der Waals surface area contributed by atoms with Crippen LogP contribution in [0.15, 0.2) is 24.4 Å². The summed E-state index contributed by atoms with van der Waals surface area (Å²) >= 11 is 0. The van der Waals surface area contributed by atoms with Gasteiger partial charge in [-0.15, -0.1) is 0 Å². The fourth-order valence-electron chi connectivity index (χ4n) is 5.18. The average molecular weight is 492 g/mol. The Labute approximate surface area is 211 Å². The molecule has 1 amide bonds. The number of anilines is 1. The lowest BCUT2D eigenvalue weighted by molar-refractivity contribution is -0.200. The molecule has 0 saturated carbocycles. The molecular weight excluding hydrogens is 458 g/mol. The van der Waals surface area contributed by atoms with Crippen LogP contribution in [0.1, 0.15) is 100 Å². The van der Waals surface area contributed by atoms with E-state index in [0.717, 1.165) is 30.5 Å². The normalized spacial score (nSPS) is 24.9. The van der Waals surface area contributed by atoms with Crippen molar-refractivity contribution in [2.45, 2.75) is 83.8 Å². The van der Waals surface area contributed by atoms with E-state index in [-0.39, 0.29) is 22.9 Å². The summed E-state index contributed by atoms with van der Waals surface area (Å²) in [5.74, 6) is -1.53. The molecule has 9 nitrogen and oxygen atoms in total. The van der Waals surface area contributed by atoms with Crippen molar-refractivity contribution in [3.05, 3.63) is 47.3 Å². The number of H-pyrrole nitrogens is 1. The maximum atomic E-state index is 12.9. The van der Waals surface area contributed by atoms with E-state index < -0.39 is 23.1 Å². The molecular formula is C27H33N5O4. The zero-order valence-electron chi connectivity index (χ0n) is 21.4. The van der Waals surface area contributed by atoms with Gasteiger partial charge in [0.15, 0.2) is 17.1 Å². The van der Waals surface area contributed by atoms with E-state index in [1.807, 2.05) is 32.0 Å². The summed E-state index contributed by atoms with van der Waals surface area (Å²) in [6.45, 7) is 9.88. The van der Waals surface area contributed by atoms with E-state index in [2.05, 4.69) is 35.2 Å². The summed E-state index contributed by atoms with van der Waals surface area (Å²) in [6, 6.07) is 5.58. The highest BCUT2D eigenvalue weighted by Gasteiger charge is 2.48. The summed E-state index contributed by atoms with van der Waals surface area (Å²) in [7, 11) is 0. The van der Waals surface area contributed by atoms with Gasteiger partial charge in [0.2, 0.25) is 0 Å². The number of carboxylic acid groups (broad SMARTS) is 1. The van der Waals surface area contributed by atoms with Crippen LogP contribution in [0.4, 0.5) is 5.69 Å². The number of hydrogen-bond donors (Lipinski definition) is 3. The number of imidazole rings is 1. The highest BCUT2D eigenvalue weighted by molar-refractivity contribution is 6.03. The van der Waals surface area contributed by atoms with Gasteiger partial charge in [0.1, 0.15) is 6.07 Å². The maximum absolute atomic E-state index is 12.9. The van der Waals surface area contributed by atoms with Crippen molar-refractivity contribution in [2.24, 2.45) is 5.41 Å². The van der Waals surface area contributed by atoms with E-state index in [1.54, 1.807) is 6.92 Å². The number of allylic oxidation sites excluding steroid dienone is 2. The van der Waals surface area contributed by atoms with Gasteiger partial charge in [0.25, 0.3) is 5.91 Å². The molecule has 1 aliphatic carbocycles. The number of amides is 1. The number of nitrogens with zero attached hydrogens (tertiary/aromatic N) is 3. The number of aromatic amines is 1. The zero-order chi connectivity index (χ0) is 26.3. The van der Waals surface area contributed by atoms with Gasteiger partial charge in [-0.2, -0.15) is 5.26 Å². The molecule has 3 heterocycles. The molecule has 3 N–H and O–H groups in total. The fourth-order valence-corrected chi connectivity index (χ4v) is 5.18. The number of aromatic nitrogens is 3. The Balaban J connectivity index is 1.71. The van der Waals surface area contributed by atoms with E-state index in [4.69, 9.17) is 15.0 Å². The molecule has 1 aliphatic heterocycles. The number of carboxylic acids is 1.